The van der Waals surface area contributed by atoms with E-state index in [1.165, 1.54) is 18.4 Å². The van der Waals surface area contributed by atoms with E-state index in [0.717, 1.165) is 0 Å². The molecule has 0 aromatic heterocycles. The molecule has 0 aliphatic heterocycles. The van der Waals surface area contributed by atoms with Gasteiger partial charge < -0.3 is 14.8 Å². The van der Waals surface area contributed by atoms with E-state index in [1.54, 1.807) is 19.1 Å². The number of anilines is 1. The maximum absolute atomic E-state index is 12.2. The quantitative estimate of drug-likeness (QED) is 0.466. The molecule has 1 aromatic carbocycles. The third-order valence-corrected chi connectivity index (χ3v) is 2.79. The molecule has 1 amide bonds. The molecule has 0 spiro atoms. The van der Waals surface area contributed by atoms with Gasteiger partial charge in [0, 0.05) is 17.8 Å². The van der Waals surface area contributed by atoms with Crippen LogP contribution in [0.4, 0.5) is 14.5 Å². The fourth-order valence-corrected chi connectivity index (χ4v) is 1.62. The van der Waals surface area contributed by atoms with E-state index < -0.39 is 12.5 Å². The van der Waals surface area contributed by atoms with Crippen LogP contribution >= 0.6 is 22.6 Å². The van der Waals surface area contributed by atoms with Crippen molar-refractivity contribution < 1.29 is 23.0 Å². The zero-order valence-corrected chi connectivity index (χ0v) is 12.2. The largest absolute Gasteiger partial charge is 0.501 e. The highest BCUT2D eigenvalue weighted by molar-refractivity contribution is 14.1. The van der Waals surface area contributed by atoms with Crippen LogP contribution in [-0.4, -0.2) is 19.1 Å². The van der Waals surface area contributed by atoms with Crippen LogP contribution in [-0.2, 0) is 9.53 Å². The van der Waals surface area contributed by atoms with Gasteiger partial charge in [0.1, 0.15) is 5.75 Å². The molecule has 0 bridgehead atoms. The van der Waals surface area contributed by atoms with Crippen LogP contribution in [0.15, 0.2) is 30.5 Å². The zero-order valence-electron chi connectivity index (χ0n) is 10.0. The van der Waals surface area contributed by atoms with Crippen molar-refractivity contribution in [3.05, 3.63) is 34.1 Å². The van der Waals surface area contributed by atoms with Gasteiger partial charge in [0.25, 0.3) is 5.91 Å². The van der Waals surface area contributed by atoms with Crippen LogP contribution in [0.2, 0.25) is 0 Å². The zero-order chi connectivity index (χ0) is 14.3. The minimum atomic E-state index is -2.91. The lowest BCUT2D eigenvalue weighted by molar-refractivity contribution is -0.112. The van der Waals surface area contributed by atoms with E-state index in [0.29, 0.717) is 15.9 Å². The lowest BCUT2D eigenvalue weighted by atomic mass is 10.3. The summed E-state index contributed by atoms with van der Waals surface area (Å²) in [7, 11) is 0. The van der Waals surface area contributed by atoms with Gasteiger partial charge in [-0.1, -0.05) is 0 Å². The molecule has 0 heterocycles. The predicted octanol–water partition coefficient (Wildman–Crippen LogP) is 3.38. The molecule has 0 saturated heterocycles. The lowest BCUT2D eigenvalue weighted by Gasteiger charge is -2.09. The van der Waals surface area contributed by atoms with Gasteiger partial charge in [-0.3, -0.25) is 4.79 Å². The second-order valence-electron chi connectivity index (χ2n) is 3.27. The number of hydrogen-bond acceptors (Lipinski definition) is 3. The van der Waals surface area contributed by atoms with Crippen LogP contribution < -0.4 is 10.1 Å². The number of amides is 1. The monoisotopic (exact) mass is 383 g/mol. The van der Waals surface area contributed by atoms with E-state index in [-0.39, 0.29) is 5.75 Å². The Morgan fingerprint density at radius 2 is 2.26 bits per heavy atom. The second kappa shape index (κ2) is 7.93. The van der Waals surface area contributed by atoms with Crippen molar-refractivity contribution in [1.82, 2.24) is 0 Å². The summed E-state index contributed by atoms with van der Waals surface area (Å²) in [6, 6.07) is 4.49. The summed E-state index contributed by atoms with van der Waals surface area (Å²) in [5.41, 5.74) is 0.363. The van der Waals surface area contributed by atoms with Crippen LogP contribution in [0.1, 0.15) is 6.92 Å². The minimum absolute atomic E-state index is 0.0159. The van der Waals surface area contributed by atoms with Crippen molar-refractivity contribution in [1.29, 1.82) is 0 Å². The average Bonchev–Trinajstić information content (AvgIpc) is 2.33. The standard InChI is InChI=1S/C12H12F2INO3/c1-2-18-6-5-11(17)16-8-3-4-9(15)10(7-8)19-12(13)14/h3-7,12H,2H2,1H3,(H,16,17)/b6-5+. The Labute approximate surface area is 122 Å². The summed E-state index contributed by atoms with van der Waals surface area (Å²) in [5.74, 6) is -0.403. The Morgan fingerprint density at radius 3 is 2.89 bits per heavy atom. The van der Waals surface area contributed by atoms with Gasteiger partial charge in [-0.15, -0.1) is 0 Å². The number of carbonyl (C=O) groups excluding carboxylic acids is 1. The SMILES string of the molecule is CCO/C=C/C(=O)Nc1ccc(I)c(OC(F)F)c1. The Hall–Kier alpha value is -1.38. The van der Waals surface area contributed by atoms with E-state index in [4.69, 9.17) is 4.74 Å². The average molecular weight is 383 g/mol. The first kappa shape index (κ1) is 15.7. The van der Waals surface area contributed by atoms with Crippen LogP contribution in [0.25, 0.3) is 0 Å². The number of benzene rings is 1. The highest BCUT2D eigenvalue weighted by Crippen LogP contribution is 2.26. The first-order valence-electron chi connectivity index (χ1n) is 5.36. The van der Waals surface area contributed by atoms with Crippen molar-refractivity contribution in [2.75, 3.05) is 11.9 Å². The molecule has 1 rings (SSSR count). The molecule has 19 heavy (non-hydrogen) atoms. The predicted molar refractivity (Wildman–Crippen MR) is 75.2 cm³/mol. The number of ether oxygens (including phenoxy) is 2. The van der Waals surface area contributed by atoms with Crippen molar-refractivity contribution in [3.8, 4) is 5.75 Å². The van der Waals surface area contributed by atoms with Gasteiger partial charge in [0.15, 0.2) is 0 Å². The van der Waals surface area contributed by atoms with Gasteiger partial charge in [0.2, 0.25) is 0 Å². The van der Waals surface area contributed by atoms with Crippen LogP contribution in [0.5, 0.6) is 5.75 Å². The van der Waals surface area contributed by atoms with Gasteiger partial charge in [-0.25, -0.2) is 0 Å². The molecule has 0 radical (unpaired) electrons. The minimum Gasteiger partial charge on any atom is -0.501 e. The van der Waals surface area contributed by atoms with Gasteiger partial charge >= 0.3 is 6.61 Å². The summed E-state index contributed by atoms with van der Waals surface area (Å²) < 4.78 is 34.0. The molecule has 1 N–H and O–H groups in total. The van der Waals surface area contributed by atoms with Crippen LogP contribution in [0, 0.1) is 3.57 Å². The molecule has 7 heteroatoms. The highest BCUT2D eigenvalue weighted by atomic mass is 127. The Bertz CT molecular complexity index is 466. The van der Waals surface area contributed by atoms with Gasteiger partial charge in [-0.05, 0) is 41.6 Å². The Kier molecular flexibility index (Phi) is 6.54. The Balaban J connectivity index is 2.71. The summed E-state index contributed by atoms with van der Waals surface area (Å²) in [6.45, 7) is -0.660. The third-order valence-electron chi connectivity index (χ3n) is 1.90. The molecule has 0 unspecified atom stereocenters. The molecule has 1 aromatic rings. The smallest absolute Gasteiger partial charge is 0.387 e. The third kappa shape index (κ3) is 5.86. The summed E-state index contributed by atoms with van der Waals surface area (Å²) in [4.78, 5) is 11.4. The normalized spacial score (nSPS) is 10.8. The Morgan fingerprint density at radius 1 is 1.53 bits per heavy atom. The first-order valence-corrected chi connectivity index (χ1v) is 6.44. The van der Waals surface area contributed by atoms with E-state index in [1.807, 2.05) is 22.6 Å². The lowest BCUT2D eigenvalue weighted by Crippen LogP contribution is -2.09. The van der Waals surface area contributed by atoms with E-state index in [9.17, 15) is 13.6 Å². The van der Waals surface area contributed by atoms with Crippen molar-refractivity contribution in [2.24, 2.45) is 0 Å². The highest BCUT2D eigenvalue weighted by Gasteiger charge is 2.09. The summed E-state index contributed by atoms with van der Waals surface area (Å²) in [6.07, 6.45) is 2.47. The van der Waals surface area contributed by atoms with Crippen LogP contribution in [0.3, 0.4) is 0 Å². The summed E-state index contributed by atoms with van der Waals surface area (Å²) in [5, 5.41) is 2.51. The molecule has 4 nitrogen and oxygen atoms in total. The first-order chi connectivity index (χ1) is 9.02. The number of rotatable bonds is 6. The summed E-state index contributed by atoms with van der Waals surface area (Å²) >= 11 is 1.87. The molecule has 104 valence electrons. The fraction of sp³-hybridized carbons (Fsp3) is 0.250. The molecule has 0 fully saturated rings. The second-order valence-corrected chi connectivity index (χ2v) is 4.43. The number of nitrogens with one attached hydrogen (secondary N) is 1. The number of halogens is 3. The van der Waals surface area contributed by atoms with Gasteiger partial charge in [-0.2, -0.15) is 8.78 Å². The van der Waals surface area contributed by atoms with Gasteiger partial charge in [0.05, 0.1) is 16.4 Å². The molecule has 0 atom stereocenters. The van der Waals surface area contributed by atoms with E-state index in [2.05, 4.69) is 10.1 Å². The van der Waals surface area contributed by atoms with E-state index >= 15 is 0 Å². The van der Waals surface area contributed by atoms with Crippen molar-refractivity contribution in [3.63, 3.8) is 0 Å². The van der Waals surface area contributed by atoms with Crippen molar-refractivity contribution >= 4 is 34.2 Å². The van der Waals surface area contributed by atoms with Crippen molar-refractivity contribution in [2.45, 2.75) is 13.5 Å². The topological polar surface area (TPSA) is 47.6 Å². The number of carbonyl (C=O) groups is 1. The molecular weight excluding hydrogens is 371 g/mol. The number of hydrogen-bond donors (Lipinski definition) is 1. The molecular formula is C12H12F2INO3. The molecule has 0 saturated carbocycles. The molecule has 0 aliphatic rings. The fourth-order valence-electron chi connectivity index (χ4n) is 1.16. The maximum atomic E-state index is 12.2. The molecule has 0 aliphatic carbocycles. The number of alkyl halides is 2. The maximum Gasteiger partial charge on any atom is 0.387 e.